The van der Waals surface area contributed by atoms with Crippen LogP contribution in [0.25, 0.3) is 33.0 Å². The highest BCUT2D eigenvalue weighted by molar-refractivity contribution is 6.35. The number of nitrogens with one attached hydrogen (secondary N) is 1. The normalized spacial score (nSPS) is 27.2. The van der Waals surface area contributed by atoms with Crippen LogP contribution in [0.3, 0.4) is 0 Å². The number of fused-ring (bicyclic) bond motifs is 11. The third kappa shape index (κ3) is 5.91. The van der Waals surface area contributed by atoms with Gasteiger partial charge >= 0.3 is 11.9 Å². The quantitative estimate of drug-likeness (QED) is 0.137. The van der Waals surface area contributed by atoms with Crippen LogP contribution >= 0.6 is 23.2 Å². The molecule has 0 amide bonds. The maximum absolute atomic E-state index is 14.2. The Morgan fingerprint density at radius 2 is 1.33 bits per heavy atom. The number of benzene rings is 3. The molecule has 0 radical (unpaired) electrons. The average Bonchev–Trinajstić information content (AvgIpc) is 3.78. The molecule has 5 aliphatic heterocycles. The second-order valence-corrected chi connectivity index (χ2v) is 18.4. The van der Waals surface area contributed by atoms with Crippen LogP contribution < -0.4 is 5.32 Å². The first-order valence-electron chi connectivity index (χ1n) is 21.5. The van der Waals surface area contributed by atoms with Crippen LogP contribution in [0.2, 0.25) is 10.0 Å². The van der Waals surface area contributed by atoms with Crippen molar-refractivity contribution >= 4 is 73.8 Å². The van der Waals surface area contributed by atoms with Gasteiger partial charge in [0.25, 0.3) is 0 Å². The molecule has 7 heterocycles. The minimum Gasteiger partial charge on any atom is -0.465 e. The van der Waals surface area contributed by atoms with Gasteiger partial charge in [0.1, 0.15) is 12.3 Å². The van der Waals surface area contributed by atoms with Crippen LogP contribution in [0.1, 0.15) is 98.7 Å². The molecule has 6 atom stereocenters. The van der Waals surface area contributed by atoms with Gasteiger partial charge in [0.05, 0.1) is 47.8 Å². The van der Waals surface area contributed by atoms with Crippen molar-refractivity contribution in [1.29, 1.82) is 0 Å². The summed E-state index contributed by atoms with van der Waals surface area (Å²) in [5, 5.41) is 33.4. The molecule has 3 N–H and O–H groups in total. The van der Waals surface area contributed by atoms with Gasteiger partial charge in [-0.3, -0.25) is 0 Å². The third-order valence-corrected chi connectivity index (χ3v) is 15.4. The van der Waals surface area contributed by atoms with Crippen LogP contribution in [0.4, 0.5) is 5.69 Å². The van der Waals surface area contributed by atoms with Gasteiger partial charge in [0.15, 0.2) is 0 Å². The summed E-state index contributed by atoms with van der Waals surface area (Å²) in [5.74, 6) is -1.16. The molecule has 0 aliphatic carbocycles. The van der Waals surface area contributed by atoms with Crippen molar-refractivity contribution in [3.63, 3.8) is 0 Å². The second kappa shape index (κ2) is 15.0. The summed E-state index contributed by atoms with van der Waals surface area (Å²) in [6.07, 6.45) is 8.81. The lowest BCUT2D eigenvalue weighted by molar-refractivity contribution is -0.203. The number of hydroxylamine groups is 4. The topological polar surface area (TPSA) is 121 Å². The van der Waals surface area contributed by atoms with Crippen molar-refractivity contribution in [3.8, 4) is 0 Å². The van der Waals surface area contributed by atoms with Gasteiger partial charge in [-0.05, 0) is 92.3 Å². The molecule has 2 fully saturated rings. The highest BCUT2D eigenvalue weighted by Crippen LogP contribution is 2.58. The van der Waals surface area contributed by atoms with Gasteiger partial charge in [0.2, 0.25) is 0 Å². The van der Waals surface area contributed by atoms with Crippen molar-refractivity contribution in [2.75, 3.05) is 32.6 Å². The fourth-order valence-electron chi connectivity index (χ4n) is 12.1. The summed E-state index contributed by atoms with van der Waals surface area (Å²) in [4.78, 5) is 28.3. The number of hydrogen-bond acceptors (Lipinski definition) is 9. The molecule has 5 aliphatic rings. The number of ether oxygens (including phenoxy) is 2. The van der Waals surface area contributed by atoms with Gasteiger partial charge in [-0.25, -0.2) is 9.59 Å². The van der Waals surface area contributed by atoms with Gasteiger partial charge in [-0.2, -0.15) is 10.1 Å². The molecule has 5 aromatic rings. The number of piperidine rings is 2. The Morgan fingerprint density at radius 1 is 0.787 bits per heavy atom. The van der Waals surface area contributed by atoms with Crippen molar-refractivity contribution in [1.82, 2.24) is 19.3 Å². The van der Waals surface area contributed by atoms with E-state index in [9.17, 15) is 20.0 Å². The van der Waals surface area contributed by atoms with Crippen LogP contribution in [-0.4, -0.2) is 75.0 Å². The number of para-hydroxylation sites is 2. The van der Waals surface area contributed by atoms with Gasteiger partial charge in [0, 0.05) is 62.4 Å². The van der Waals surface area contributed by atoms with Crippen LogP contribution in [0.15, 0.2) is 72.8 Å². The largest absolute Gasteiger partial charge is 0.465 e. The monoisotopic (exact) mass is 863 g/mol. The predicted octanol–water partition coefficient (Wildman–Crippen LogP) is 10.2. The maximum Gasteiger partial charge on any atom is 0.339 e. The number of carbonyl (C=O) groups excluding carboxylic acids is 2. The maximum atomic E-state index is 14.2. The number of methoxy groups -OCH3 is 2. The Labute approximate surface area is 365 Å². The fourth-order valence-corrected chi connectivity index (χ4v) is 12.6. The number of anilines is 1. The summed E-state index contributed by atoms with van der Waals surface area (Å²) in [7, 11) is 2.84. The Hall–Kier alpha value is -4.62. The van der Waals surface area contributed by atoms with Crippen molar-refractivity contribution < 1.29 is 29.5 Å². The zero-order valence-corrected chi connectivity index (χ0v) is 36.4. The summed E-state index contributed by atoms with van der Waals surface area (Å²) >= 11 is 13.8. The minimum atomic E-state index is -0.520. The minimum absolute atomic E-state index is 0.299. The highest BCUT2D eigenvalue weighted by atomic mass is 35.5. The molecule has 0 spiro atoms. The predicted molar refractivity (Wildman–Crippen MR) is 237 cm³/mol. The van der Waals surface area contributed by atoms with Gasteiger partial charge in [-0.1, -0.05) is 85.6 Å². The van der Waals surface area contributed by atoms with E-state index in [0.717, 1.165) is 87.7 Å². The van der Waals surface area contributed by atoms with E-state index in [1.165, 1.54) is 24.3 Å². The lowest BCUT2D eigenvalue weighted by atomic mass is 9.70. The molecular formula is C48H51Cl2N5O6. The first-order valence-corrected chi connectivity index (χ1v) is 22.3. The summed E-state index contributed by atoms with van der Waals surface area (Å²) in [6.45, 7) is 5.25. The fraction of sp³-hybridized carbons (Fsp3) is 0.417. The van der Waals surface area contributed by atoms with E-state index in [4.69, 9.17) is 32.7 Å². The molecule has 0 bridgehead atoms. The molecule has 2 aromatic heterocycles. The van der Waals surface area contributed by atoms with Crippen molar-refractivity contribution in [2.24, 2.45) is 10.8 Å². The van der Waals surface area contributed by atoms with Crippen molar-refractivity contribution in [2.45, 2.75) is 89.5 Å². The third-order valence-electron chi connectivity index (χ3n) is 14.8. The van der Waals surface area contributed by atoms with Crippen LogP contribution in [0, 0.1) is 10.8 Å². The number of halogens is 2. The molecule has 10 rings (SSSR count). The Balaban J connectivity index is 1.24. The molecule has 13 heteroatoms. The lowest BCUT2D eigenvalue weighted by Crippen LogP contribution is -2.49. The van der Waals surface area contributed by atoms with E-state index in [2.05, 4.69) is 64.7 Å². The molecule has 2 saturated heterocycles. The Morgan fingerprint density at radius 3 is 1.92 bits per heavy atom. The molecule has 61 heavy (non-hydrogen) atoms. The molecule has 0 unspecified atom stereocenters. The number of esters is 2. The number of nitrogens with zero attached hydrogens (tertiary/aromatic N) is 4. The Bertz CT molecular complexity index is 2700. The molecule has 318 valence electrons. The van der Waals surface area contributed by atoms with E-state index < -0.39 is 35.1 Å². The zero-order valence-electron chi connectivity index (χ0n) is 34.9. The van der Waals surface area contributed by atoms with E-state index in [-0.39, 0.29) is 12.0 Å². The SMILES string of the molecule is CC[C@]12C=C(C(=O)OC)c3c(C[C@@H]4Nc5cc(Cl)cc(Cl)c5C[C@H]4c4c5n(c6ccccc46)[C@H]4N(O)CCC[C@@]4(CC)C=C5C(=O)OC)c4ccccc4n3[C@H]1N(O)CCC2. The second-order valence-electron chi connectivity index (χ2n) is 17.6. The van der Waals surface area contributed by atoms with E-state index in [1.54, 1.807) is 6.07 Å². The molecule has 11 nitrogen and oxygen atoms in total. The number of carbonyl (C=O) groups is 2. The van der Waals surface area contributed by atoms with E-state index >= 15 is 0 Å². The first-order chi connectivity index (χ1) is 29.5. The van der Waals surface area contributed by atoms with E-state index in [0.29, 0.717) is 53.5 Å². The lowest BCUT2D eigenvalue weighted by Gasteiger charge is -2.50. The summed E-state index contributed by atoms with van der Waals surface area (Å²) in [6, 6.07) is 19.7. The summed E-state index contributed by atoms with van der Waals surface area (Å²) in [5.41, 5.74) is 6.83. The number of rotatable bonds is 7. The van der Waals surface area contributed by atoms with Gasteiger partial charge in [-0.15, -0.1) is 0 Å². The smallest absolute Gasteiger partial charge is 0.339 e. The summed E-state index contributed by atoms with van der Waals surface area (Å²) < 4.78 is 15.5. The van der Waals surface area contributed by atoms with E-state index in [1.807, 2.05) is 30.3 Å². The molecular weight excluding hydrogens is 813 g/mol. The molecule has 0 saturated carbocycles. The van der Waals surface area contributed by atoms with Gasteiger partial charge < -0.3 is 34.3 Å². The number of hydrogen-bond donors (Lipinski definition) is 3. The van der Waals surface area contributed by atoms with Crippen LogP contribution in [-0.2, 0) is 31.9 Å². The van der Waals surface area contributed by atoms with Crippen molar-refractivity contribution in [3.05, 3.63) is 111 Å². The average molecular weight is 865 g/mol. The van der Waals surface area contributed by atoms with Crippen LogP contribution in [0.5, 0.6) is 0 Å². The highest BCUT2D eigenvalue weighted by Gasteiger charge is 2.52. The number of aromatic nitrogens is 2. The Kier molecular flexibility index (Phi) is 9.97. The standard InChI is InChI=1S/C48H51Cl2N5O6/c1-5-47-17-11-19-52(58)45(47)54-38-15-9-7-13-28(38)30(41(54)33(25-47)43(56)60-3)24-37-32(23-31-35(50)21-27(49)22-36(31)51-37)40-29-14-8-10-16-39(29)55-42(40)34(44(57)61-4)26-48(6-2)18-12-20-53(59)46(48)55/h7-10,13-16,21-22,25-26,32,37,45-46,51,58-59H,5-6,11-12,17-20,23-24H2,1-4H3/t32-,37+,45-,46-,47+,48+/m1/s1. The zero-order chi connectivity index (χ0) is 42.5. The molecule has 3 aromatic carbocycles. The first kappa shape index (κ1) is 40.5.